The van der Waals surface area contributed by atoms with Crippen molar-refractivity contribution in [2.75, 3.05) is 19.0 Å². The largest absolute Gasteiger partial charge is 0.478 e. The van der Waals surface area contributed by atoms with E-state index < -0.39 is 17.9 Å². The summed E-state index contributed by atoms with van der Waals surface area (Å²) in [4.78, 5) is 33.1. The third-order valence-corrected chi connectivity index (χ3v) is 2.46. The number of amides is 3. The van der Waals surface area contributed by atoms with Gasteiger partial charge in [0.25, 0.3) is 5.91 Å². The van der Waals surface area contributed by atoms with Crippen LogP contribution in [0.4, 0.5) is 10.5 Å². The van der Waals surface area contributed by atoms with Crippen molar-refractivity contribution in [3.8, 4) is 0 Å². The highest BCUT2D eigenvalue weighted by Crippen LogP contribution is 2.15. The van der Waals surface area contributed by atoms with Gasteiger partial charge in [-0.15, -0.1) is 0 Å². The van der Waals surface area contributed by atoms with Gasteiger partial charge in [-0.1, -0.05) is 18.2 Å². The van der Waals surface area contributed by atoms with E-state index in [4.69, 9.17) is 9.84 Å². The number of anilines is 1. The van der Waals surface area contributed by atoms with E-state index in [0.717, 1.165) is 11.6 Å². The third-order valence-electron chi connectivity index (χ3n) is 2.46. The number of hydrogen-bond donors (Lipinski definition) is 3. The lowest BCUT2D eigenvalue weighted by molar-refractivity contribution is -0.131. The van der Waals surface area contributed by atoms with Gasteiger partial charge in [-0.3, -0.25) is 10.1 Å². The topological polar surface area (TPSA) is 105 Å². The highest BCUT2D eigenvalue weighted by molar-refractivity contribution is 6.06. The van der Waals surface area contributed by atoms with Crippen molar-refractivity contribution in [3.05, 3.63) is 42.0 Å². The summed E-state index contributed by atoms with van der Waals surface area (Å²) >= 11 is 0. The standard InChI is InChI=1S/C14H16N2O5/c1-21-9-8-10-4-2-3-5-11(10)15-14(20)16-12(17)6-7-13(18)19/h2-7H,8-9H2,1H3,(H,18,19)(H2,15,16,17,20)/b7-6+. The van der Waals surface area contributed by atoms with Crippen LogP contribution in [-0.2, 0) is 20.7 Å². The Morgan fingerprint density at radius 2 is 1.95 bits per heavy atom. The lowest BCUT2D eigenvalue weighted by Crippen LogP contribution is -2.33. The van der Waals surface area contributed by atoms with Crippen molar-refractivity contribution in [1.29, 1.82) is 0 Å². The fourth-order valence-electron chi connectivity index (χ4n) is 1.53. The number of carboxylic acids is 1. The van der Waals surface area contributed by atoms with Crippen molar-refractivity contribution in [1.82, 2.24) is 5.32 Å². The van der Waals surface area contributed by atoms with Crippen LogP contribution in [-0.4, -0.2) is 36.7 Å². The molecule has 0 aliphatic heterocycles. The Labute approximate surface area is 121 Å². The van der Waals surface area contributed by atoms with E-state index in [2.05, 4.69) is 5.32 Å². The molecule has 7 heteroatoms. The monoisotopic (exact) mass is 292 g/mol. The number of methoxy groups -OCH3 is 1. The number of para-hydroxylation sites is 1. The predicted octanol–water partition coefficient (Wildman–Crippen LogP) is 1.16. The summed E-state index contributed by atoms with van der Waals surface area (Å²) in [6.07, 6.45) is 2.02. The Bertz CT molecular complexity index is 554. The molecule has 0 atom stereocenters. The molecule has 1 rings (SSSR count). The second kappa shape index (κ2) is 8.49. The van der Waals surface area contributed by atoms with Crippen LogP contribution in [0.3, 0.4) is 0 Å². The van der Waals surface area contributed by atoms with Gasteiger partial charge in [0.05, 0.1) is 6.61 Å². The van der Waals surface area contributed by atoms with Crippen LogP contribution in [0, 0.1) is 0 Å². The maximum absolute atomic E-state index is 11.6. The van der Waals surface area contributed by atoms with E-state index in [0.29, 0.717) is 24.8 Å². The summed E-state index contributed by atoms with van der Waals surface area (Å²) in [6.45, 7) is 0.501. The Kier molecular flexibility index (Phi) is 6.62. The van der Waals surface area contributed by atoms with Gasteiger partial charge >= 0.3 is 12.0 Å². The van der Waals surface area contributed by atoms with Crippen LogP contribution < -0.4 is 10.6 Å². The third kappa shape index (κ3) is 6.35. The summed E-state index contributed by atoms with van der Waals surface area (Å²) in [5, 5.41) is 12.9. The Hall–Kier alpha value is -2.67. The number of carbonyl (C=O) groups excluding carboxylic acids is 2. The van der Waals surface area contributed by atoms with Crippen molar-refractivity contribution < 1.29 is 24.2 Å². The molecule has 1 aromatic carbocycles. The number of ether oxygens (including phenoxy) is 1. The number of imide groups is 1. The Morgan fingerprint density at radius 3 is 2.62 bits per heavy atom. The average molecular weight is 292 g/mol. The zero-order valence-electron chi connectivity index (χ0n) is 11.5. The summed E-state index contributed by atoms with van der Waals surface area (Å²) in [5.41, 5.74) is 1.42. The molecule has 0 radical (unpaired) electrons. The molecular weight excluding hydrogens is 276 g/mol. The van der Waals surface area contributed by atoms with Gasteiger partial charge in [0.15, 0.2) is 0 Å². The summed E-state index contributed by atoms with van der Waals surface area (Å²) in [6, 6.07) is 6.37. The number of urea groups is 1. The minimum absolute atomic E-state index is 0.501. The molecule has 0 aliphatic carbocycles. The molecule has 0 saturated carbocycles. The average Bonchev–Trinajstić information content (AvgIpc) is 2.44. The van der Waals surface area contributed by atoms with Crippen LogP contribution >= 0.6 is 0 Å². The molecule has 0 bridgehead atoms. The molecule has 0 saturated heterocycles. The van der Waals surface area contributed by atoms with E-state index in [1.807, 2.05) is 17.4 Å². The van der Waals surface area contributed by atoms with Gasteiger partial charge in [0.1, 0.15) is 0 Å². The first-order valence-corrected chi connectivity index (χ1v) is 6.12. The molecule has 1 aromatic rings. The maximum atomic E-state index is 11.6. The highest BCUT2D eigenvalue weighted by Gasteiger charge is 2.08. The van der Waals surface area contributed by atoms with E-state index in [9.17, 15) is 14.4 Å². The SMILES string of the molecule is COCCc1ccccc1NC(=O)NC(=O)/C=C/C(=O)O. The molecule has 0 unspecified atom stereocenters. The van der Waals surface area contributed by atoms with Crippen LogP contribution in [0.5, 0.6) is 0 Å². The van der Waals surface area contributed by atoms with Gasteiger partial charge in [0.2, 0.25) is 0 Å². The minimum Gasteiger partial charge on any atom is -0.478 e. The van der Waals surface area contributed by atoms with E-state index in [1.165, 1.54) is 0 Å². The highest BCUT2D eigenvalue weighted by atomic mass is 16.5. The molecule has 0 heterocycles. The van der Waals surface area contributed by atoms with Crippen molar-refractivity contribution in [3.63, 3.8) is 0 Å². The number of carbonyl (C=O) groups is 3. The molecule has 3 amide bonds. The smallest absolute Gasteiger partial charge is 0.328 e. The Balaban J connectivity index is 2.62. The summed E-state index contributed by atoms with van der Waals surface area (Å²) in [5.74, 6) is -2.08. The van der Waals surface area contributed by atoms with E-state index in [1.54, 1.807) is 19.2 Å². The molecule has 21 heavy (non-hydrogen) atoms. The number of nitrogens with one attached hydrogen (secondary N) is 2. The first-order chi connectivity index (χ1) is 10.0. The van der Waals surface area contributed by atoms with Gasteiger partial charge in [0, 0.05) is 24.9 Å². The lowest BCUT2D eigenvalue weighted by atomic mass is 10.1. The Morgan fingerprint density at radius 1 is 1.24 bits per heavy atom. The first kappa shape index (κ1) is 16.4. The lowest BCUT2D eigenvalue weighted by Gasteiger charge is -2.10. The van der Waals surface area contributed by atoms with Gasteiger partial charge in [-0.2, -0.15) is 0 Å². The molecular formula is C14H16N2O5. The van der Waals surface area contributed by atoms with E-state index >= 15 is 0 Å². The first-order valence-electron chi connectivity index (χ1n) is 6.12. The van der Waals surface area contributed by atoms with Crippen molar-refractivity contribution in [2.45, 2.75) is 6.42 Å². The quantitative estimate of drug-likeness (QED) is 0.682. The fourth-order valence-corrected chi connectivity index (χ4v) is 1.53. The van der Waals surface area contributed by atoms with Gasteiger partial charge in [-0.05, 0) is 18.1 Å². The number of aliphatic carboxylic acids is 1. The number of hydrogen-bond acceptors (Lipinski definition) is 4. The zero-order chi connectivity index (χ0) is 15.7. The maximum Gasteiger partial charge on any atom is 0.328 e. The summed E-state index contributed by atoms with van der Waals surface area (Å²) < 4.78 is 4.98. The minimum atomic E-state index is -1.27. The van der Waals surface area contributed by atoms with Crippen LogP contribution in [0.15, 0.2) is 36.4 Å². The molecule has 0 aromatic heterocycles. The fraction of sp³-hybridized carbons (Fsp3) is 0.214. The zero-order valence-corrected chi connectivity index (χ0v) is 11.5. The van der Waals surface area contributed by atoms with E-state index in [-0.39, 0.29) is 0 Å². The number of rotatable bonds is 6. The van der Waals surface area contributed by atoms with Crippen molar-refractivity contribution in [2.24, 2.45) is 0 Å². The normalized spacial score (nSPS) is 10.3. The molecule has 0 fully saturated rings. The molecule has 7 nitrogen and oxygen atoms in total. The molecule has 112 valence electrons. The predicted molar refractivity (Wildman–Crippen MR) is 76.0 cm³/mol. The molecule has 0 aliphatic rings. The summed E-state index contributed by atoms with van der Waals surface area (Å²) in [7, 11) is 1.58. The second-order valence-corrected chi connectivity index (χ2v) is 4.01. The molecule has 0 spiro atoms. The number of carboxylic acid groups (broad SMARTS) is 1. The van der Waals surface area contributed by atoms with Gasteiger partial charge in [-0.25, -0.2) is 9.59 Å². The van der Waals surface area contributed by atoms with Crippen LogP contribution in [0.1, 0.15) is 5.56 Å². The van der Waals surface area contributed by atoms with Crippen LogP contribution in [0.25, 0.3) is 0 Å². The van der Waals surface area contributed by atoms with Crippen molar-refractivity contribution >= 4 is 23.6 Å². The second-order valence-electron chi connectivity index (χ2n) is 4.01. The van der Waals surface area contributed by atoms with Gasteiger partial charge < -0.3 is 15.2 Å². The molecule has 3 N–H and O–H groups in total. The van der Waals surface area contributed by atoms with Crippen LogP contribution in [0.2, 0.25) is 0 Å². The number of benzene rings is 1.